The second-order valence-electron chi connectivity index (χ2n) is 7.82. The van der Waals surface area contributed by atoms with Crippen LogP contribution in [0.5, 0.6) is 0 Å². The van der Waals surface area contributed by atoms with Crippen LogP contribution < -0.4 is 0 Å². The zero-order valence-electron chi connectivity index (χ0n) is 17.7. The zero-order valence-corrected chi connectivity index (χ0v) is 14.7. The molecule has 0 saturated carbocycles. The molecule has 0 aromatic heterocycles. The van der Waals surface area contributed by atoms with E-state index >= 15 is 0 Å². The van der Waals surface area contributed by atoms with E-state index in [9.17, 15) is 0 Å². The van der Waals surface area contributed by atoms with E-state index in [1.807, 2.05) is 0 Å². The molecule has 1 saturated heterocycles. The predicted molar refractivity (Wildman–Crippen MR) is 94.5 cm³/mol. The summed E-state index contributed by atoms with van der Waals surface area (Å²) in [5, 5.41) is 0. The second-order valence-corrected chi connectivity index (χ2v) is 7.82. The van der Waals surface area contributed by atoms with Crippen molar-refractivity contribution in [3.8, 4) is 0 Å². The normalized spacial score (nSPS) is 27.8. The van der Waals surface area contributed by atoms with Gasteiger partial charge in [0.2, 0.25) is 0 Å². The summed E-state index contributed by atoms with van der Waals surface area (Å²) in [6, 6.07) is 8.43. The molecule has 1 heterocycles. The quantitative estimate of drug-likeness (QED) is 0.823. The van der Waals surface area contributed by atoms with Gasteiger partial charge in [-0.05, 0) is 42.7 Å². The molecule has 1 aromatic rings. The number of hydrogen-bond acceptors (Lipinski definition) is 2. The molecule has 3 atom stereocenters. The molecule has 0 spiro atoms. The standard InChI is InChI=1S/C20H33NO/c1-15(12-21-13-16(2)22-17(3)14-21)11-18-7-9-19(10-8-18)20(4,5)6/h7-10,15-17H,11-14H2,1-6H3/t15?,16-,17+/i1D3. The maximum absolute atomic E-state index is 7.97. The summed E-state index contributed by atoms with van der Waals surface area (Å²) >= 11 is 0. The Kier molecular flexibility index (Phi) is 4.40. The van der Waals surface area contributed by atoms with E-state index < -0.39 is 6.85 Å². The Morgan fingerprint density at radius 1 is 1.18 bits per heavy atom. The van der Waals surface area contributed by atoms with E-state index in [2.05, 4.69) is 63.8 Å². The molecule has 0 radical (unpaired) electrons. The lowest BCUT2D eigenvalue weighted by molar-refractivity contribution is -0.0708. The minimum absolute atomic E-state index is 0.113. The van der Waals surface area contributed by atoms with Gasteiger partial charge in [-0.2, -0.15) is 0 Å². The van der Waals surface area contributed by atoms with Crippen molar-refractivity contribution in [2.45, 2.75) is 65.5 Å². The molecule has 2 rings (SSSR count). The largest absolute Gasteiger partial charge is 0.373 e. The van der Waals surface area contributed by atoms with Crippen LogP contribution in [0.25, 0.3) is 0 Å². The summed E-state index contributed by atoms with van der Waals surface area (Å²) in [6.07, 6.45) is 0.903. The molecule has 1 aliphatic heterocycles. The summed E-state index contributed by atoms with van der Waals surface area (Å²) in [6.45, 7) is 10.9. The fourth-order valence-corrected chi connectivity index (χ4v) is 3.24. The van der Waals surface area contributed by atoms with Gasteiger partial charge in [-0.1, -0.05) is 51.9 Å². The molecule has 124 valence electrons. The lowest BCUT2D eigenvalue weighted by Gasteiger charge is -2.36. The first kappa shape index (κ1) is 13.6. The highest BCUT2D eigenvalue weighted by Gasteiger charge is 2.23. The van der Waals surface area contributed by atoms with Crippen molar-refractivity contribution in [1.29, 1.82) is 0 Å². The summed E-state index contributed by atoms with van der Waals surface area (Å²) in [5.41, 5.74) is 2.49. The van der Waals surface area contributed by atoms with Crippen LogP contribution in [0, 0.1) is 5.92 Å². The van der Waals surface area contributed by atoms with Gasteiger partial charge in [-0.3, -0.25) is 4.90 Å². The third-order valence-corrected chi connectivity index (χ3v) is 4.28. The summed E-state index contributed by atoms with van der Waals surface area (Å²) < 4.78 is 29.7. The molecule has 1 fully saturated rings. The first-order valence-corrected chi connectivity index (χ1v) is 8.42. The van der Waals surface area contributed by atoms with Gasteiger partial charge < -0.3 is 4.74 Å². The lowest BCUT2D eigenvalue weighted by Crippen LogP contribution is -2.47. The topological polar surface area (TPSA) is 12.5 Å². The first-order chi connectivity index (χ1) is 11.4. The Bertz CT molecular complexity index is 538. The minimum Gasteiger partial charge on any atom is -0.373 e. The van der Waals surface area contributed by atoms with Crippen LogP contribution in [0.1, 0.15) is 56.7 Å². The van der Waals surface area contributed by atoms with E-state index in [0.717, 1.165) is 18.7 Å². The fourth-order valence-electron chi connectivity index (χ4n) is 3.24. The molecule has 1 aliphatic rings. The van der Waals surface area contributed by atoms with Crippen LogP contribution in [-0.2, 0) is 16.6 Å². The zero-order chi connectivity index (χ0) is 18.8. The van der Waals surface area contributed by atoms with E-state index in [-0.39, 0.29) is 23.5 Å². The number of nitrogens with zero attached hydrogens (tertiary/aromatic N) is 1. The Hall–Kier alpha value is -0.860. The van der Waals surface area contributed by atoms with E-state index in [4.69, 9.17) is 8.85 Å². The maximum atomic E-state index is 7.97. The van der Waals surface area contributed by atoms with Crippen molar-refractivity contribution in [1.82, 2.24) is 4.90 Å². The van der Waals surface area contributed by atoms with Gasteiger partial charge in [-0.25, -0.2) is 0 Å². The molecule has 0 amide bonds. The van der Waals surface area contributed by atoms with E-state index in [1.54, 1.807) is 0 Å². The van der Waals surface area contributed by atoms with Gasteiger partial charge in [0.25, 0.3) is 0 Å². The number of benzene rings is 1. The number of ether oxygens (including phenoxy) is 1. The highest BCUT2D eigenvalue weighted by Crippen LogP contribution is 2.23. The van der Waals surface area contributed by atoms with Gasteiger partial charge in [0.15, 0.2) is 0 Å². The van der Waals surface area contributed by atoms with Crippen molar-refractivity contribution >= 4 is 0 Å². The second kappa shape index (κ2) is 7.14. The molecule has 0 aliphatic carbocycles. The SMILES string of the molecule is [2H]C([2H])([2H])C(Cc1ccc(C(C)(C)C)cc1)CN1C[C@@H](C)O[C@@H](C)C1. The van der Waals surface area contributed by atoms with Gasteiger partial charge in [0.1, 0.15) is 0 Å². The fraction of sp³-hybridized carbons (Fsp3) is 0.700. The Morgan fingerprint density at radius 2 is 1.77 bits per heavy atom. The van der Waals surface area contributed by atoms with Crippen LogP contribution in [0.15, 0.2) is 24.3 Å². The molecule has 2 nitrogen and oxygen atoms in total. The number of hydrogen-bond donors (Lipinski definition) is 0. The number of morpholine rings is 1. The molecular weight excluding hydrogens is 270 g/mol. The molecule has 2 heteroatoms. The number of rotatable bonds is 4. The molecular formula is C20H33NO. The highest BCUT2D eigenvalue weighted by atomic mass is 16.5. The predicted octanol–water partition coefficient (Wildman–Crippen LogP) is 4.27. The average molecular weight is 307 g/mol. The van der Waals surface area contributed by atoms with Crippen LogP contribution in [0.3, 0.4) is 0 Å². The smallest absolute Gasteiger partial charge is 0.0678 e. The molecule has 22 heavy (non-hydrogen) atoms. The summed E-state index contributed by atoms with van der Waals surface area (Å²) in [4.78, 5) is 2.25. The van der Waals surface area contributed by atoms with Crippen molar-refractivity contribution in [3.63, 3.8) is 0 Å². The highest BCUT2D eigenvalue weighted by molar-refractivity contribution is 5.27. The van der Waals surface area contributed by atoms with Crippen LogP contribution in [-0.4, -0.2) is 36.7 Å². The van der Waals surface area contributed by atoms with E-state index in [0.29, 0.717) is 13.0 Å². The van der Waals surface area contributed by atoms with Gasteiger partial charge in [0.05, 0.1) is 12.2 Å². The molecule has 1 unspecified atom stereocenters. The summed E-state index contributed by atoms with van der Waals surface area (Å²) in [7, 11) is 0. The van der Waals surface area contributed by atoms with Crippen LogP contribution >= 0.6 is 0 Å². The third kappa shape index (κ3) is 5.10. The van der Waals surface area contributed by atoms with Crippen molar-refractivity contribution in [2.24, 2.45) is 5.92 Å². The first-order valence-electron chi connectivity index (χ1n) is 9.92. The lowest BCUT2D eigenvalue weighted by atomic mass is 9.86. The van der Waals surface area contributed by atoms with Crippen molar-refractivity contribution in [2.75, 3.05) is 19.6 Å². The third-order valence-electron chi connectivity index (χ3n) is 4.28. The van der Waals surface area contributed by atoms with Gasteiger partial charge >= 0.3 is 0 Å². The molecule has 0 bridgehead atoms. The molecule has 0 N–H and O–H groups in total. The Labute approximate surface area is 141 Å². The van der Waals surface area contributed by atoms with Crippen LogP contribution in [0.4, 0.5) is 0 Å². The monoisotopic (exact) mass is 306 g/mol. The van der Waals surface area contributed by atoms with Crippen molar-refractivity contribution < 1.29 is 8.85 Å². The maximum Gasteiger partial charge on any atom is 0.0678 e. The van der Waals surface area contributed by atoms with Gasteiger partial charge in [-0.15, -0.1) is 0 Å². The minimum atomic E-state index is -1.95. The van der Waals surface area contributed by atoms with Gasteiger partial charge in [0, 0.05) is 23.7 Å². The Morgan fingerprint density at radius 3 is 2.27 bits per heavy atom. The average Bonchev–Trinajstić information content (AvgIpc) is 2.44. The van der Waals surface area contributed by atoms with Crippen LogP contribution in [0.2, 0.25) is 0 Å². The van der Waals surface area contributed by atoms with Crippen molar-refractivity contribution in [3.05, 3.63) is 35.4 Å². The van der Waals surface area contributed by atoms with E-state index in [1.165, 1.54) is 5.56 Å². The Balaban J connectivity index is 2.08. The summed E-state index contributed by atoms with van der Waals surface area (Å²) in [5.74, 6) is -0.356. The molecule has 1 aromatic carbocycles.